The Hall–Kier alpha value is -1.24. The van der Waals surface area contributed by atoms with Gasteiger partial charge in [0.25, 0.3) is 0 Å². The first-order chi connectivity index (χ1) is 10.1. The lowest BCUT2D eigenvalue weighted by Gasteiger charge is -2.35. The first kappa shape index (κ1) is 18.8. The minimum absolute atomic E-state index is 0. The maximum Gasteiger partial charge on any atom is 0.238 e. The molecule has 0 aromatic heterocycles. The van der Waals surface area contributed by atoms with Crippen molar-refractivity contribution < 1.29 is 13.6 Å². The molecule has 22 heavy (non-hydrogen) atoms. The number of nitrogens with two attached hydrogens (primary N) is 1. The zero-order valence-corrected chi connectivity index (χ0v) is 13.2. The molecule has 1 saturated heterocycles. The van der Waals surface area contributed by atoms with Gasteiger partial charge in [0.2, 0.25) is 5.91 Å². The number of nitrogens with one attached hydrogen (secondary N) is 1. The van der Waals surface area contributed by atoms with Crippen LogP contribution in [0.3, 0.4) is 0 Å². The van der Waals surface area contributed by atoms with E-state index in [-0.39, 0.29) is 30.5 Å². The highest BCUT2D eigenvalue weighted by Gasteiger charge is 2.23. The average Bonchev–Trinajstić information content (AvgIpc) is 2.45. The minimum atomic E-state index is -0.966. The van der Waals surface area contributed by atoms with Crippen molar-refractivity contribution in [2.75, 3.05) is 25.0 Å². The van der Waals surface area contributed by atoms with Gasteiger partial charge in [0.05, 0.1) is 6.54 Å². The van der Waals surface area contributed by atoms with E-state index in [9.17, 15) is 13.6 Å². The summed E-state index contributed by atoms with van der Waals surface area (Å²) < 4.78 is 25.9. The molecule has 3 N–H and O–H groups in total. The number of carbonyl (C=O) groups is 1. The molecule has 2 rings (SSSR count). The fraction of sp³-hybridized carbons (Fsp3) is 0.533. The van der Waals surface area contributed by atoms with Gasteiger partial charge in [-0.25, -0.2) is 8.78 Å². The molecular formula is C15H22ClF2N3O. The van der Waals surface area contributed by atoms with Crippen LogP contribution in [-0.4, -0.2) is 36.5 Å². The fourth-order valence-corrected chi connectivity index (χ4v) is 2.75. The molecule has 1 aliphatic heterocycles. The third kappa shape index (κ3) is 5.19. The molecule has 1 aromatic carbocycles. The summed E-state index contributed by atoms with van der Waals surface area (Å²) in [6, 6.07) is 3.67. The molecular weight excluding hydrogens is 312 g/mol. The quantitative estimate of drug-likeness (QED) is 0.870. The maximum absolute atomic E-state index is 13.1. The number of piperidine rings is 1. The van der Waals surface area contributed by atoms with Crippen molar-refractivity contribution in [1.82, 2.24) is 4.90 Å². The minimum Gasteiger partial charge on any atom is -0.330 e. The van der Waals surface area contributed by atoms with Gasteiger partial charge < -0.3 is 11.1 Å². The number of amides is 1. The van der Waals surface area contributed by atoms with Gasteiger partial charge in [0.1, 0.15) is 0 Å². The van der Waals surface area contributed by atoms with Gasteiger partial charge in [-0.1, -0.05) is 6.42 Å². The lowest BCUT2D eigenvalue weighted by molar-refractivity contribution is -0.118. The first-order valence-corrected chi connectivity index (χ1v) is 7.29. The molecule has 0 aliphatic carbocycles. The van der Waals surface area contributed by atoms with Crippen LogP contribution in [0.1, 0.15) is 25.7 Å². The predicted molar refractivity (Wildman–Crippen MR) is 85.1 cm³/mol. The summed E-state index contributed by atoms with van der Waals surface area (Å²) in [5.74, 6) is -2.11. The van der Waals surface area contributed by atoms with Gasteiger partial charge in [-0.05, 0) is 44.5 Å². The molecule has 1 atom stereocenters. The van der Waals surface area contributed by atoms with Crippen LogP contribution in [0.2, 0.25) is 0 Å². The highest BCUT2D eigenvalue weighted by Crippen LogP contribution is 2.19. The van der Waals surface area contributed by atoms with Gasteiger partial charge in [0.15, 0.2) is 11.6 Å². The van der Waals surface area contributed by atoms with E-state index in [1.807, 2.05) is 0 Å². The highest BCUT2D eigenvalue weighted by molar-refractivity contribution is 5.92. The summed E-state index contributed by atoms with van der Waals surface area (Å²) in [7, 11) is 0. The van der Waals surface area contributed by atoms with E-state index in [1.165, 1.54) is 6.07 Å². The Balaban J connectivity index is 0.00000242. The molecule has 0 radical (unpaired) electrons. The largest absolute Gasteiger partial charge is 0.330 e. The van der Waals surface area contributed by atoms with Gasteiger partial charge >= 0.3 is 0 Å². The maximum atomic E-state index is 13.1. The third-order valence-corrected chi connectivity index (χ3v) is 3.80. The summed E-state index contributed by atoms with van der Waals surface area (Å²) >= 11 is 0. The number of halogens is 3. The zero-order valence-electron chi connectivity index (χ0n) is 12.4. The predicted octanol–water partition coefficient (Wildman–Crippen LogP) is 2.53. The van der Waals surface area contributed by atoms with Crippen LogP contribution >= 0.6 is 12.4 Å². The summed E-state index contributed by atoms with van der Waals surface area (Å²) in [6.07, 6.45) is 4.15. The van der Waals surface area contributed by atoms with E-state index < -0.39 is 11.6 Å². The van der Waals surface area contributed by atoms with Gasteiger partial charge in [-0.2, -0.15) is 0 Å². The van der Waals surface area contributed by atoms with Crippen LogP contribution in [0, 0.1) is 11.6 Å². The molecule has 0 saturated carbocycles. The molecule has 124 valence electrons. The van der Waals surface area contributed by atoms with Gasteiger partial charge in [-0.3, -0.25) is 9.69 Å². The summed E-state index contributed by atoms with van der Waals surface area (Å²) in [4.78, 5) is 14.1. The standard InChI is InChI=1S/C15H21F2N3O.ClH/c16-13-5-4-11(9-14(13)17)19-15(21)10-20-8-2-1-3-12(20)6-7-18;/h4-5,9,12H,1-3,6-8,10,18H2,(H,19,21);1H. The first-order valence-electron chi connectivity index (χ1n) is 7.29. The molecule has 0 spiro atoms. The Bertz CT molecular complexity index is 500. The van der Waals surface area contributed by atoms with Crippen LogP contribution in [0.4, 0.5) is 14.5 Å². The van der Waals surface area contributed by atoms with E-state index in [4.69, 9.17) is 5.73 Å². The molecule has 7 heteroatoms. The highest BCUT2D eigenvalue weighted by atomic mass is 35.5. The van der Waals surface area contributed by atoms with E-state index in [2.05, 4.69) is 10.2 Å². The summed E-state index contributed by atoms with van der Waals surface area (Å²) in [5, 5.41) is 2.60. The average molecular weight is 334 g/mol. The number of benzene rings is 1. The summed E-state index contributed by atoms with van der Waals surface area (Å²) in [6.45, 7) is 1.73. The topological polar surface area (TPSA) is 58.4 Å². The van der Waals surface area contributed by atoms with Crippen LogP contribution in [0.15, 0.2) is 18.2 Å². The second kappa shape index (κ2) is 9.02. The van der Waals surface area contributed by atoms with Crippen molar-refractivity contribution in [3.05, 3.63) is 29.8 Å². The summed E-state index contributed by atoms with van der Waals surface area (Å²) in [5.41, 5.74) is 5.87. The van der Waals surface area contributed by atoms with Crippen molar-refractivity contribution in [2.45, 2.75) is 31.7 Å². The van der Waals surface area contributed by atoms with E-state index in [1.54, 1.807) is 0 Å². The van der Waals surface area contributed by atoms with Crippen LogP contribution in [0.25, 0.3) is 0 Å². The number of likely N-dealkylation sites (tertiary alicyclic amines) is 1. The second-order valence-electron chi connectivity index (χ2n) is 5.37. The van der Waals surface area contributed by atoms with Gasteiger partial charge in [-0.15, -0.1) is 12.4 Å². The number of nitrogens with zero attached hydrogens (tertiary/aromatic N) is 1. The Morgan fingerprint density at radius 3 is 2.77 bits per heavy atom. The molecule has 1 fully saturated rings. The number of hydrogen-bond donors (Lipinski definition) is 2. The number of anilines is 1. The lowest BCUT2D eigenvalue weighted by Crippen LogP contribution is -2.44. The fourth-order valence-electron chi connectivity index (χ4n) is 2.75. The molecule has 1 aromatic rings. The molecule has 1 unspecified atom stereocenters. The normalized spacial score (nSPS) is 18.6. The number of carbonyl (C=O) groups excluding carboxylic acids is 1. The molecule has 0 bridgehead atoms. The van der Waals surface area contributed by atoms with Crippen molar-refractivity contribution >= 4 is 24.0 Å². The Morgan fingerprint density at radius 1 is 1.32 bits per heavy atom. The Kier molecular flexibility index (Phi) is 7.72. The van der Waals surface area contributed by atoms with Crippen molar-refractivity contribution in [3.63, 3.8) is 0 Å². The Morgan fingerprint density at radius 2 is 2.09 bits per heavy atom. The van der Waals surface area contributed by atoms with Crippen LogP contribution in [-0.2, 0) is 4.79 Å². The SMILES string of the molecule is Cl.NCCC1CCCCN1CC(=O)Nc1ccc(F)c(F)c1. The third-order valence-electron chi connectivity index (χ3n) is 3.80. The Labute approximate surface area is 135 Å². The monoisotopic (exact) mass is 333 g/mol. The van der Waals surface area contributed by atoms with Crippen molar-refractivity contribution in [1.29, 1.82) is 0 Å². The number of hydrogen-bond acceptors (Lipinski definition) is 3. The van der Waals surface area contributed by atoms with Crippen molar-refractivity contribution in [3.8, 4) is 0 Å². The van der Waals surface area contributed by atoms with E-state index in [0.29, 0.717) is 12.6 Å². The smallest absolute Gasteiger partial charge is 0.238 e. The van der Waals surface area contributed by atoms with Crippen LogP contribution < -0.4 is 11.1 Å². The van der Waals surface area contributed by atoms with Crippen molar-refractivity contribution in [2.24, 2.45) is 5.73 Å². The van der Waals surface area contributed by atoms with E-state index >= 15 is 0 Å². The van der Waals surface area contributed by atoms with E-state index in [0.717, 1.165) is 44.4 Å². The number of rotatable bonds is 5. The second-order valence-corrected chi connectivity index (χ2v) is 5.37. The van der Waals surface area contributed by atoms with Crippen LogP contribution in [0.5, 0.6) is 0 Å². The molecule has 4 nitrogen and oxygen atoms in total. The zero-order chi connectivity index (χ0) is 15.2. The lowest BCUT2D eigenvalue weighted by atomic mass is 9.99. The van der Waals surface area contributed by atoms with Gasteiger partial charge in [0, 0.05) is 17.8 Å². The molecule has 1 aliphatic rings. The molecule has 1 heterocycles. The molecule has 1 amide bonds.